The molecule has 0 bridgehead atoms. The monoisotopic (exact) mass is 281 g/mol. The molecule has 0 fully saturated rings. The molecule has 2 aromatic rings. The molecule has 0 aromatic heterocycles. The van der Waals surface area contributed by atoms with Crippen LogP contribution in [0.4, 0.5) is 0 Å². The molecule has 0 unspecified atom stereocenters. The van der Waals surface area contributed by atoms with Crippen molar-refractivity contribution < 1.29 is 9.53 Å². The molecule has 0 saturated heterocycles. The average molecular weight is 281 g/mol. The Labute approximate surface area is 125 Å². The summed E-state index contributed by atoms with van der Waals surface area (Å²) >= 11 is 0. The van der Waals surface area contributed by atoms with Crippen LogP contribution in [0.25, 0.3) is 6.08 Å². The lowest BCUT2D eigenvalue weighted by atomic mass is 10.2. The fourth-order valence-corrected chi connectivity index (χ4v) is 1.85. The van der Waals surface area contributed by atoms with Crippen molar-refractivity contribution >= 4 is 12.0 Å². The molecule has 2 aromatic carbocycles. The number of carbonyl (C=O) groups excluding carboxylic acids is 1. The van der Waals surface area contributed by atoms with E-state index in [0.29, 0.717) is 13.2 Å². The van der Waals surface area contributed by atoms with Gasteiger partial charge in [-0.3, -0.25) is 4.79 Å². The molecular formula is C18H19NO2. The highest BCUT2D eigenvalue weighted by Gasteiger charge is 1.97. The Hall–Kier alpha value is -2.55. The van der Waals surface area contributed by atoms with Gasteiger partial charge in [-0.05, 0) is 36.3 Å². The van der Waals surface area contributed by atoms with Crippen molar-refractivity contribution in [3.8, 4) is 5.75 Å². The molecule has 0 atom stereocenters. The summed E-state index contributed by atoms with van der Waals surface area (Å²) in [6, 6.07) is 17.7. The van der Waals surface area contributed by atoms with Crippen LogP contribution in [0.5, 0.6) is 5.75 Å². The van der Waals surface area contributed by atoms with Crippen LogP contribution in [0.2, 0.25) is 0 Å². The van der Waals surface area contributed by atoms with Gasteiger partial charge in [0.05, 0.1) is 0 Å². The van der Waals surface area contributed by atoms with E-state index in [-0.39, 0.29) is 5.91 Å². The number of benzene rings is 2. The SMILES string of the molecule is CCNC(=O)/C=C/c1cccc(OCc2ccccc2)c1. The van der Waals surface area contributed by atoms with E-state index in [4.69, 9.17) is 4.74 Å². The molecule has 0 saturated carbocycles. The zero-order valence-electron chi connectivity index (χ0n) is 12.1. The molecular weight excluding hydrogens is 262 g/mol. The van der Waals surface area contributed by atoms with E-state index in [9.17, 15) is 4.79 Å². The number of hydrogen-bond acceptors (Lipinski definition) is 2. The molecule has 1 N–H and O–H groups in total. The van der Waals surface area contributed by atoms with Crippen LogP contribution in [0.3, 0.4) is 0 Å². The van der Waals surface area contributed by atoms with Crippen molar-refractivity contribution in [2.45, 2.75) is 13.5 Å². The molecule has 108 valence electrons. The Morgan fingerprint density at radius 2 is 1.95 bits per heavy atom. The summed E-state index contributed by atoms with van der Waals surface area (Å²) < 4.78 is 5.75. The predicted molar refractivity (Wildman–Crippen MR) is 84.9 cm³/mol. The Kier molecular flexibility index (Phi) is 5.59. The Morgan fingerprint density at radius 1 is 1.14 bits per heavy atom. The summed E-state index contributed by atoms with van der Waals surface area (Å²) in [5.41, 5.74) is 2.06. The van der Waals surface area contributed by atoms with E-state index in [1.807, 2.05) is 61.5 Å². The molecule has 3 nitrogen and oxygen atoms in total. The standard InChI is InChI=1S/C18H19NO2/c1-2-19-18(20)12-11-15-9-6-10-17(13-15)21-14-16-7-4-3-5-8-16/h3-13H,2,14H2,1H3,(H,19,20)/b12-11+. The number of amides is 1. The van der Waals surface area contributed by atoms with Gasteiger partial charge in [0.25, 0.3) is 0 Å². The highest BCUT2D eigenvalue weighted by atomic mass is 16.5. The largest absolute Gasteiger partial charge is 0.489 e. The number of ether oxygens (including phenoxy) is 1. The number of carbonyl (C=O) groups is 1. The third-order valence-electron chi connectivity index (χ3n) is 2.88. The Balaban J connectivity index is 1.96. The number of rotatable bonds is 6. The molecule has 21 heavy (non-hydrogen) atoms. The Morgan fingerprint density at radius 3 is 2.71 bits per heavy atom. The summed E-state index contributed by atoms with van der Waals surface area (Å²) in [5.74, 6) is 0.699. The average Bonchev–Trinajstić information content (AvgIpc) is 2.53. The van der Waals surface area contributed by atoms with Crippen molar-refractivity contribution in [1.29, 1.82) is 0 Å². The van der Waals surface area contributed by atoms with Crippen LogP contribution in [0.15, 0.2) is 60.7 Å². The highest BCUT2D eigenvalue weighted by Crippen LogP contribution is 2.16. The fraction of sp³-hybridized carbons (Fsp3) is 0.167. The van der Waals surface area contributed by atoms with Crippen molar-refractivity contribution in [1.82, 2.24) is 5.32 Å². The molecule has 0 radical (unpaired) electrons. The normalized spacial score (nSPS) is 10.5. The second-order valence-electron chi connectivity index (χ2n) is 4.57. The molecule has 1 amide bonds. The minimum absolute atomic E-state index is 0.0897. The molecule has 0 heterocycles. The second-order valence-corrected chi connectivity index (χ2v) is 4.57. The van der Waals surface area contributed by atoms with Gasteiger partial charge < -0.3 is 10.1 Å². The maximum atomic E-state index is 11.4. The lowest BCUT2D eigenvalue weighted by molar-refractivity contribution is -0.116. The summed E-state index contributed by atoms with van der Waals surface area (Å²) in [4.78, 5) is 11.4. The maximum absolute atomic E-state index is 11.4. The maximum Gasteiger partial charge on any atom is 0.243 e. The highest BCUT2D eigenvalue weighted by molar-refractivity contribution is 5.91. The van der Waals surface area contributed by atoms with E-state index in [0.717, 1.165) is 16.9 Å². The zero-order valence-corrected chi connectivity index (χ0v) is 12.1. The number of likely N-dealkylation sites (N-methyl/N-ethyl adjacent to an activating group) is 1. The molecule has 2 rings (SSSR count). The lowest BCUT2D eigenvalue weighted by Crippen LogP contribution is -2.19. The van der Waals surface area contributed by atoms with Gasteiger partial charge in [0, 0.05) is 12.6 Å². The number of nitrogens with one attached hydrogen (secondary N) is 1. The second kappa shape index (κ2) is 7.90. The van der Waals surface area contributed by atoms with Gasteiger partial charge in [-0.15, -0.1) is 0 Å². The zero-order chi connectivity index (χ0) is 14.9. The van der Waals surface area contributed by atoms with Crippen molar-refractivity contribution in [2.24, 2.45) is 0 Å². The van der Waals surface area contributed by atoms with Gasteiger partial charge in [0.15, 0.2) is 0 Å². The molecule has 0 aliphatic carbocycles. The smallest absolute Gasteiger partial charge is 0.243 e. The van der Waals surface area contributed by atoms with Crippen molar-refractivity contribution in [3.05, 3.63) is 71.8 Å². The Bertz CT molecular complexity index is 606. The van der Waals surface area contributed by atoms with Crippen LogP contribution in [-0.4, -0.2) is 12.5 Å². The lowest BCUT2D eigenvalue weighted by Gasteiger charge is -2.06. The van der Waals surface area contributed by atoms with Gasteiger partial charge in [-0.2, -0.15) is 0 Å². The predicted octanol–water partition coefficient (Wildman–Crippen LogP) is 3.41. The summed E-state index contributed by atoms with van der Waals surface area (Å²) in [6.07, 6.45) is 3.31. The molecule has 3 heteroatoms. The first-order chi connectivity index (χ1) is 10.3. The summed E-state index contributed by atoms with van der Waals surface area (Å²) in [7, 11) is 0. The third kappa shape index (κ3) is 5.15. The van der Waals surface area contributed by atoms with Gasteiger partial charge in [0.2, 0.25) is 5.91 Å². The molecule has 0 spiro atoms. The van der Waals surface area contributed by atoms with Gasteiger partial charge in [0.1, 0.15) is 12.4 Å². The van der Waals surface area contributed by atoms with Crippen LogP contribution >= 0.6 is 0 Å². The van der Waals surface area contributed by atoms with Crippen molar-refractivity contribution in [2.75, 3.05) is 6.54 Å². The van der Waals surface area contributed by atoms with E-state index in [1.54, 1.807) is 6.08 Å². The van der Waals surface area contributed by atoms with E-state index < -0.39 is 0 Å². The van der Waals surface area contributed by atoms with E-state index >= 15 is 0 Å². The van der Waals surface area contributed by atoms with Crippen LogP contribution < -0.4 is 10.1 Å². The topological polar surface area (TPSA) is 38.3 Å². The fourth-order valence-electron chi connectivity index (χ4n) is 1.85. The van der Waals surface area contributed by atoms with Crippen molar-refractivity contribution in [3.63, 3.8) is 0 Å². The molecule has 0 aliphatic heterocycles. The number of hydrogen-bond donors (Lipinski definition) is 1. The van der Waals surface area contributed by atoms with Gasteiger partial charge in [-0.1, -0.05) is 42.5 Å². The van der Waals surface area contributed by atoms with Gasteiger partial charge >= 0.3 is 0 Å². The third-order valence-corrected chi connectivity index (χ3v) is 2.88. The van der Waals surface area contributed by atoms with Gasteiger partial charge in [-0.25, -0.2) is 0 Å². The minimum Gasteiger partial charge on any atom is -0.489 e. The van der Waals surface area contributed by atoms with E-state index in [1.165, 1.54) is 6.08 Å². The molecule has 0 aliphatic rings. The minimum atomic E-state index is -0.0897. The summed E-state index contributed by atoms with van der Waals surface area (Å²) in [5, 5.41) is 2.72. The first-order valence-electron chi connectivity index (χ1n) is 7.00. The first kappa shape index (κ1) is 14.9. The summed E-state index contributed by atoms with van der Waals surface area (Å²) in [6.45, 7) is 3.05. The van der Waals surface area contributed by atoms with E-state index in [2.05, 4.69) is 5.32 Å². The first-order valence-corrected chi connectivity index (χ1v) is 7.00. The van der Waals surface area contributed by atoms with Crippen LogP contribution in [0, 0.1) is 0 Å². The van der Waals surface area contributed by atoms with Crippen LogP contribution in [-0.2, 0) is 11.4 Å². The quantitative estimate of drug-likeness (QED) is 0.824. The van der Waals surface area contributed by atoms with Crippen LogP contribution in [0.1, 0.15) is 18.1 Å².